The smallest absolute Gasteiger partial charge is 0.243 e. The summed E-state index contributed by atoms with van der Waals surface area (Å²) < 4.78 is 0. The fourth-order valence-electron chi connectivity index (χ4n) is 3.19. The Kier molecular flexibility index (Phi) is 5.68. The van der Waals surface area contributed by atoms with E-state index in [1.165, 1.54) is 0 Å². The van der Waals surface area contributed by atoms with Gasteiger partial charge in [-0.25, -0.2) is 0 Å². The minimum Gasteiger partial charge on any atom is -0.347 e. The molecule has 5 nitrogen and oxygen atoms in total. The highest BCUT2D eigenvalue weighted by Gasteiger charge is 2.23. The van der Waals surface area contributed by atoms with Crippen molar-refractivity contribution in [1.82, 2.24) is 10.2 Å². The van der Waals surface area contributed by atoms with E-state index in [-0.39, 0.29) is 17.9 Å². The van der Waals surface area contributed by atoms with Crippen LogP contribution < -0.4 is 10.2 Å². The highest BCUT2D eigenvalue weighted by molar-refractivity contribution is 5.95. The highest BCUT2D eigenvalue weighted by Crippen LogP contribution is 2.22. The Hall–Kier alpha value is -2.66. The molecule has 26 heavy (non-hydrogen) atoms. The average Bonchev–Trinajstić information content (AvgIpc) is 3.09. The van der Waals surface area contributed by atoms with Gasteiger partial charge in [0.1, 0.15) is 6.04 Å². The van der Waals surface area contributed by atoms with Crippen LogP contribution in [0.25, 0.3) is 0 Å². The predicted molar refractivity (Wildman–Crippen MR) is 103 cm³/mol. The van der Waals surface area contributed by atoms with Gasteiger partial charge >= 0.3 is 0 Å². The first-order valence-corrected chi connectivity index (χ1v) is 8.95. The Morgan fingerprint density at radius 2 is 1.81 bits per heavy atom. The molecule has 3 rings (SSSR count). The van der Waals surface area contributed by atoms with Gasteiger partial charge in [0, 0.05) is 39.3 Å². The monoisotopic (exact) mass is 351 g/mol. The zero-order chi connectivity index (χ0) is 18.5. The summed E-state index contributed by atoms with van der Waals surface area (Å²) in [6, 6.07) is 17.3. The molecule has 1 N–H and O–H groups in total. The quantitative estimate of drug-likeness (QED) is 0.871. The number of likely N-dealkylation sites (N-methyl/N-ethyl adjacent to an activating group) is 1. The third-order valence-electron chi connectivity index (χ3n) is 4.65. The molecule has 1 saturated heterocycles. The molecule has 1 fully saturated rings. The number of rotatable bonds is 6. The largest absolute Gasteiger partial charge is 0.347 e. The Morgan fingerprint density at radius 1 is 1.12 bits per heavy atom. The SMILES string of the molecule is CN(C)C(=O)C(NCc1ccc(N2CCCC2=O)cc1)c1ccccc1. The molecule has 0 aromatic heterocycles. The van der Waals surface area contributed by atoms with E-state index < -0.39 is 0 Å². The number of amides is 2. The van der Waals surface area contributed by atoms with Crippen LogP contribution in [0, 0.1) is 0 Å². The summed E-state index contributed by atoms with van der Waals surface area (Å²) in [5, 5.41) is 3.36. The number of benzene rings is 2. The van der Waals surface area contributed by atoms with Crippen LogP contribution in [0.3, 0.4) is 0 Å². The summed E-state index contributed by atoms with van der Waals surface area (Å²) in [6.07, 6.45) is 1.56. The molecule has 2 amide bonds. The van der Waals surface area contributed by atoms with Crippen LogP contribution in [0.5, 0.6) is 0 Å². The van der Waals surface area contributed by atoms with Crippen molar-refractivity contribution >= 4 is 17.5 Å². The van der Waals surface area contributed by atoms with Crippen molar-refractivity contribution in [3.05, 3.63) is 65.7 Å². The minimum absolute atomic E-state index is 0.0236. The van der Waals surface area contributed by atoms with Crippen molar-refractivity contribution in [2.45, 2.75) is 25.4 Å². The van der Waals surface area contributed by atoms with Crippen LogP contribution in [0.1, 0.15) is 30.0 Å². The lowest BCUT2D eigenvalue weighted by atomic mass is 10.1. The molecule has 1 unspecified atom stereocenters. The molecule has 1 aliphatic heterocycles. The lowest BCUT2D eigenvalue weighted by Crippen LogP contribution is -2.36. The summed E-state index contributed by atoms with van der Waals surface area (Å²) in [7, 11) is 3.53. The molecule has 2 aromatic carbocycles. The predicted octanol–water partition coefficient (Wildman–Crippen LogP) is 2.73. The topological polar surface area (TPSA) is 52.7 Å². The van der Waals surface area contributed by atoms with Crippen LogP contribution in [0.4, 0.5) is 5.69 Å². The lowest BCUT2D eigenvalue weighted by molar-refractivity contribution is -0.131. The fraction of sp³-hybridized carbons (Fsp3) is 0.333. The van der Waals surface area contributed by atoms with Crippen molar-refractivity contribution in [2.24, 2.45) is 0 Å². The Bertz CT molecular complexity index is 757. The maximum Gasteiger partial charge on any atom is 0.243 e. The summed E-state index contributed by atoms with van der Waals surface area (Å²) >= 11 is 0. The van der Waals surface area contributed by atoms with E-state index in [2.05, 4.69) is 5.32 Å². The molecule has 136 valence electrons. The van der Waals surface area contributed by atoms with E-state index in [0.29, 0.717) is 13.0 Å². The summed E-state index contributed by atoms with van der Waals surface area (Å²) in [5.41, 5.74) is 2.97. The van der Waals surface area contributed by atoms with Crippen molar-refractivity contribution < 1.29 is 9.59 Å². The summed E-state index contributed by atoms with van der Waals surface area (Å²) in [6.45, 7) is 1.37. The van der Waals surface area contributed by atoms with E-state index in [0.717, 1.165) is 29.8 Å². The van der Waals surface area contributed by atoms with Gasteiger partial charge in [-0.1, -0.05) is 42.5 Å². The molecule has 2 aromatic rings. The lowest BCUT2D eigenvalue weighted by Gasteiger charge is -2.22. The first kappa shape index (κ1) is 18.1. The number of carbonyl (C=O) groups excluding carboxylic acids is 2. The van der Waals surface area contributed by atoms with Crippen LogP contribution in [-0.4, -0.2) is 37.4 Å². The van der Waals surface area contributed by atoms with Gasteiger partial charge < -0.3 is 9.80 Å². The number of hydrogen-bond donors (Lipinski definition) is 1. The van der Waals surface area contributed by atoms with E-state index in [4.69, 9.17) is 0 Å². The maximum atomic E-state index is 12.5. The molecular formula is C21H25N3O2. The zero-order valence-corrected chi connectivity index (χ0v) is 15.3. The van der Waals surface area contributed by atoms with Gasteiger partial charge in [-0.3, -0.25) is 14.9 Å². The molecule has 0 spiro atoms. The third kappa shape index (κ3) is 4.11. The fourth-order valence-corrected chi connectivity index (χ4v) is 3.19. The average molecular weight is 351 g/mol. The van der Waals surface area contributed by atoms with Gasteiger partial charge in [-0.2, -0.15) is 0 Å². The second-order valence-electron chi connectivity index (χ2n) is 6.77. The van der Waals surface area contributed by atoms with E-state index >= 15 is 0 Å². The second kappa shape index (κ2) is 8.15. The molecule has 0 aliphatic carbocycles. The van der Waals surface area contributed by atoms with Crippen molar-refractivity contribution in [2.75, 3.05) is 25.5 Å². The van der Waals surface area contributed by atoms with Gasteiger partial charge in [-0.15, -0.1) is 0 Å². The van der Waals surface area contributed by atoms with Gasteiger partial charge in [0.05, 0.1) is 0 Å². The van der Waals surface area contributed by atoms with Gasteiger partial charge in [0.15, 0.2) is 0 Å². The van der Waals surface area contributed by atoms with E-state index in [1.807, 2.05) is 59.5 Å². The molecule has 0 radical (unpaired) electrons. The van der Waals surface area contributed by atoms with Crippen molar-refractivity contribution in [3.8, 4) is 0 Å². The number of nitrogens with zero attached hydrogens (tertiary/aromatic N) is 2. The number of hydrogen-bond acceptors (Lipinski definition) is 3. The molecule has 0 saturated carbocycles. The van der Waals surface area contributed by atoms with Crippen LogP contribution in [0.15, 0.2) is 54.6 Å². The first-order chi connectivity index (χ1) is 12.6. The molecule has 0 bridgehead atoms. The maximum absolute atomic E-state index is 12.5. The van der Waals surface area contributed by atoms with Crippen LogP contribution in [0.2, 0.25) is 0 Å². The summed E-state index contributed by atoms with van der Waals surface area (Å²) in [4.78, 5) is 27.8. The standard InChI is InChI=1S/C21H25N3O2/c1-23(2)21(26)20(17-7-4-3-5-8-17)22-15-16-10-12-18(13-11-16)24-14-6-9-19(24)25/h3-5,7-8,10-13,20,22H,6,9,14-15H2,1-2H3. The molecule has 5 heteroatoms. The number of nitrogens with one attached hydrogen (secondary N) is 1. The van der Waals surface area contributed by atoms with Crippen LogP contribution in [-0.2, 0) is 16.1 Å². The second-order valence-corrected chi connectivity index (χ2v) is 6.77. The van der Waals surface area contributed by atoms with Crippen molar-refractivity contribution in [1.29, 1.82) is 0 Å². The van der Waals surface area contributed by atoms with Crippen LogP contribution >= 0.6 is 0 Å². The highest BCUT2D eigenvalue weighted by atomic mass is 16.2. The Morgan fingerprint density at radius 3 is 2.38 bits per heavy atom. The molecule has 1 aliphatic rings. The third-order valence-corrected chi connectivity index (χ3v) is 4.65. The van der Waals surface area contributed by atoms with Gasteiger partial charge in [0.25, 0.3) is 0 Å². The van der Waals surface area contributed by atoms with E-state index in [1.54, 1.807) is 19.0 Å². The van der Waals surface area contributed by atoms with Crippen molar-refractivity contribution in [3.63, 3.8) is 0 Å². The molecule has 1 atom stereocenters. The molecule has 1 heterocycles. The Balaban J connectivity index is 1.69. The Labute approximate surface area is 154 Å². The number of anilines is 1. The minimum atomic E-state index is -0.383. The zero-order valence-electron chi connectivity index (χ0n) is 15.3. The van der Waals surface area contributed by atoms with Gasteiger partial charge in [-0.05, 0) is 29.7 Å². The van der Waals surface area contributed by atoms with Gasteiger partial charge in [0.2, 0.25) is 11.8 Å². The normalized spacial score (nSPS) is 15.2. The van der Waals surface area contributed by atoms with E-state index in [9.17, 15) is 9.59 Å². The first-order valence-electron chi connectivity index (χ1n) is 8.95. The summed E-state index contributed by atoms with van der Waals surface area (Å²) in [5.74, 6) is 0.215. The number of carbonyl (C=O) groups is 2. The molecular weight excluding hydrogens is 326 g/mol.